The van der Waals surface area contributed by atoms with E-state index in [1.54, 1.807) is 18.2 Å². The molecule has 1 aromatic rings. The summed E-state index contributed by atoms with van der Waals surface area (Å²) in [6.07, 6.45) is 0. The molecule has 0 aliphatic carbocycles. The van der Waals surface area contributed by atoms with Crippen LogP contribution in [0.25, 0.3) is 0 Å². The van der Waals surface area contributed by atoms with E-state index >= 15 is 0 Å². The van der Waals surface area contributed by atoms with Crippen LogP contribution < -0.4 is 20.7 Å². The molecule has 0 bridgehead atoms. The van der Waals surface area contributed by atoms with Crippen LogP contribution in [0, 0.1) is 0 Å². The van der Waals surface area contributed by atoms with Gasteiger partial charge in [0, 0.05) is 6.07 Å². The van der Waals surface area contributed by atoms with E-state index in [-0.39, 0.29) is 12.5 Å². The molecule has 15 heavy (non-hydrogen) atoms. The molecule has 0 aliphatic heterocycles. The third-order valence-electron chi connectivity index (χ3n) is 1.65. The van der Waals surface area contributed by atoms with Crippen molar-refractivity contribution in [3.63, 3.8) is 0 Å². The molecular formula is C10H14N2O3. The van der Waals surface area contributed by atoms with E-state index in [0.717, 1.165) is 0 Å². The summed E-state index contributed by atoms with van der Waals surface area (Å²) in [5.41, 5.74) is 1.98. The van der Waals surface area contributed by atoms with Crippen LogP contribution in [0.1, 0.15) is 6.92 Å². The second-order valence-corrected chi connectivity index (χ2v) is 2.76. The number of carbonyl (C=O) groups is 1. The fraction of sp³-hybridized carbons (Fsp3) is 0.300. The maximum atomic E-state index is 10.8. The fourth-order valence-electron chi connectivity index (χ4n) is 1.01. The van der Waals surface area contributed by atoms with Gasteiger partial charge in [-0.1, -0.05) is 6.07 Å². The van der Waals surface area contributed by atoms with Crippen molar-refractivity contribution >= 4 is 5.91 Å². The molecule has 0 atom stereocenters. The van der Waals surface area contributed by atoms with Crippen molar-refractivity contribution < 1.29 is 14.3 Å². The Morgan fingerprint density at radius 3 is 2.67 bits per heavy atom. The van der Waals surface area contributed by atoms with E-state index in [0.29, 0.717) is 18.1 Å². The summed E-state index contributed by atoms with van der Waals surface area (Å²) in [6, 6.07) is 7.07. The van der Waals surface area contributed by atoms with Crippen LogP contribution in [0.4, 0.5) is 0 Å². The predicted molar refractivity (Wildman–Crippen MR) is 55.4 cm³/mol. The van der Waals surface area contributed by atoms with Crippen LogP contribution >= 0.6 is 0 Å². The van der Waals surface area contributed by atoms with Crippen LogP contribution in [0.5, 0.6) is 11.5 Å². The molecule has 0 saturated heterocycles. The highest BCUT2D eigenvalue weighted by Gasteiger charge is 2.01. The number of benzene rings is 1. The Bertz CT molecular complexity index is 328. The molecule has 1 aromatic carbocycles. The summed E-state index contributed by atoms with van der Waals surface area (Å²) >= 11 is 0. The predicted octanol–water partition coefficient (Wildman–Crippen LogP) is 0.454. The molecule has 0 fully saturated rings. The summed E-state index contributed by atoms with van der Waals surface area (Å²) in [5, 5.41) is 0. The molecule has 0 aliphatic rings. The summed E-state index contributed by atoms with van der Waals surface area (Å²) in [5.74, 6) is 5.82. The molecule has 0 saturated carbocycles. The first kappa shape index (κ1) is 11.3. The number of carbonyl (C=O) groups excluding carboxylic acids is 1. The highest BCUT2D eigenvalue weighted by molar-refractivity contribution is 5.76. The van der Waals surface area contributed by atoms with E-state index < -0.39 is 0 Å². The number of ether oxygens (including phenoxy) is 2. The lowest BCUT2D eigenvalue weighted by Crippen LogP contribution is -2.34. The van der Waals surface area contributed by atoms with Gasteiger partial charge in [0.1, 0.15) is 11.5 Å². The highest BCUT2D eigenvalue weighted by Crippen LogP contribution is 2.18. The largest absolute Gasteiger partial charge is 0.494 e. The van der Waals surface area contributed by atoms with Gasteiger partial charge in [-0.25, -0.2) is 5.84 Å². The molecule has 1 amide bonds. The number of nitrogens with two attached hydrogens (primary N) is 1. The van der Waals surface area contributed by atoms with E-state index in [1.807, 2.05) is 18.4 Å². The molecule has 82 valence electrons. The van der Waals surface area contributed by atoms with Gasteiger partial charge >= 0.3 is 0 Å². The second-order valence-electron chi connectivity index (χ2n) is 2.76. The summed E-state index contributed by atoms with van der Waals surface area (Å²) in [4.78, 5) is 10.8. The van der Waals surface area contributed by atoms with E-state index in [1.165, 1.54) is 0 Å². The summed E-state index contributed by atoms with van der Waals surface area (Å²) < 4.78 is 10.4. The first-order valence-corrected chi connectivity index (χ1v) is 4.61. The average molecular weight is 210 g/mol. The smallest absolute Gasteiger partial charge is 0.271 e. The normalized spacial score (nSPS) is 9.47. The third kappa shape index (κ3) is 3.86. The summed E-state index contributed by atoms with van der Waals surface area (Å²) in [7, 11) is 0. The lowest BCUT2D eigenvalue weighted by Gasteiger charge is -2.07. The van der Waals surface area contributed by atoms with Gasteiger partial charge in [0.25, 0.3) is 5.91 Å². The zero-order valence-electron chi connectivity index (χ0n) is 8.53. The Balaban J connectivity index is 2.53. The first-order chi connectivity index (χ1) is 7.26. The molecule has 3 N–H and O–H groups in total. The van der Waals surface area contributed by atoms with Crippen molar-refractivity contribution in [1.29, 1.82) is 0 Å². The molecule has 0 aromatic heterocycles. The molecule has 0 radical (unpaired) electrons. The molecule has 0 heterocycles. The maximum absolute atomic E-state index is 10.8. The van der Waals surface area contributed by atoms with Gasteiger partial charge in [-0.3, -0.25) is 10.2 Å². The Morgan fingerprint density at radius 2 is 2.07 bits per heavy atom. The van der Waals surface area contributed by atoms with Gasteiger partial charge < -0.3 is 9.47 Å². The zero-order valence-corrected chi connectivity index (χ0v) is 8.53. The lowest BCUT2D eigenvalue weighted by molar-refractivity contribution is -0.123. The molecule has 0 spiro atoms. The Kier molecular flexibility index (Phi) is 4.43. The lowest BCUT2D eigenvalue weighted by atomic mass is 10.3. The highest BCUT2D eigenvalue weighted by atomic mass is 16.5. The van der Waals surface area contributed by atoms with Crippen LogP contribution in [0.15, 0.2) is 24.3 Å². The van der Waals surface area contributed by atoms with Crippen molar-refractivity contribution in [1.82, 2.24) is 5.43 Å². The fourth-order valence-corrected chi connectivity index (χ4v) is 1.01. The van der Waals surface area contributed by atoms with E-state index in [9.17, 15) is 4.79 Å². The van der Waals surface area contributed by atoms with Gasteiger partial charge in [-0.2, -0.15) is 0 Å². The van der Waals surface area contributed by atoms with Crippen molar-refractivity contribution in [3.8, 4) is 11.5 Å². The Labute approximate surface area is 88.1 Å². The monoisotopic (exact) mass is 210 g/mol. The second kappa shape index (κ2) is 5.87. The van der Waals surface area contributed by atoms with Crippen LogP contribution in [0.2, 0.25) is 0 Å². The van der Waals surface area contributed by atoms with Crippen LogP contribution in [0.3, 0.4) is 0 Å². The van der Waals surface area contributed by atoms with Gasteiger partial charge in [-0.15, -0.1) is 0 Å². The SMILES string of the molecule is CCOc1cccc(OCC(=O)NN)c1. The standard InChI is InChI=1S/C10H14N2O3/c1-2-14-8-4-3-5-9(6-8)15-7-10(13)12-11/h3-6H,2,7,11H2,1H3,(H,12,13). The minimum absolute atomic E-state index is 0.105. The van der Waals surface area contributed by atoms with Crippen molar-refractivity contribution in [2.75, 3.05) is 13.2 Å². The van der Waals surface area contributed by atoms with Gasteiger partial charge in [0.05, 0.1) is 6.61 Å². The molecule has 1 rings (SSSR count). The van der Waals surface area contributed by atoms with Crippen molar-refractivity contribution in [2.45, 2.75) is 6.92 Å². The molecular weight excluding hydrogens is 196 g/mol. The van der Waals surface area contributed by atoms with E-state index in [4.69, 9.17) is 15.3 Å². The number of amides is 1. The van der Waals surface area contributed by atoms with Crippen LogP contribution in [-0.4, -0.2) is 19.1 Å². The maximum Gasteiger partial charge on any atom is 0.271 e. The number of hydrogen-bond donors (Lipinski definition) is 2. The average Bonchev–Trinajstić information content (AvgIpc) is 2.27. The number of hydrazine groups is 1. The quantitative estimate of drug-likeness (QED) is 0.420. The minimum Gasteiger partial charge on any atom is -0.494 e. The van der Waals surface area contributed by atoms with Crippen molar-refractivity contribution in [2.24, 2.45) is 5.84 Å². The topological polar surface area (TPSA) is 73.6 Å². The zero-order chi connectivity index (χ0) is 11.1. The van der Waals surface area contributed by atoms with Crippen molar-refractivity contribution in [3.05, 3.63) is 24.3 Å². The van der Waals surface area contributed by atoms with Crippen LogP contribution in [-0.2, 0) is 4.79 Å². The van der Waals surface area contributed by atoms with Gasteiger partial charge in [0.2, 0.25) is 0 Å². The van der Waals surface area contributed by atoms with Gasteiger partial charge in [0.15, 0.2) is 6.61 Å². The first-order valence-electron chi connectivity index (χ1n) is 4.61. The molecule has 5 nitrogen and oxygen atoms in total. The third-order valence-corrected chi connectivity index (χ3v) is 1.65. The minimum atomic E-state index is -0.378. The molecule has 5 heteroatoms. The summed E-state index contributed by atoms with van der Waals surface area (Å²) in [6.45, 7) is 2.38. The number of nitrogens with one attached hydrogen (secondary N) is 1. The Morgan fingerprint density at radius 1 is 1.40 bits per heavy atom. The number of hydrogen-bond acceptors (Lipinski definition) is 4. The Hall–Kier alpha value is -1.75. The number of rotatable bonds is 5. The van der Waals surface area contributed by atoms with E-state index in [2.05, 4.69) is 0 Å². The van der Waals surface area contributed by atoms with Gasteiger partial charge in [-0.05, 0) is 19.1 Å². The molecule has 0 unspecified atom stereocenters.